The topological polar surface area (TPSA) is 75.4 Å². The highest BCUT2D eigenvalue weighted by Gasteiger charge is 2.32. The fourth-order valence-electron chi connectivity index (χ4n) is 2.73. The fourth-order valence-corrected chi connectivity index (χ4v) is 6.01. The SMILES string of the molecule is CCC1CN(S(=O)(=O)c2c(C)cc(NN)cc2C)CCS1. The number of nitrogens with zero attached hydrogens (tertiary/aromatic N) is 1. The zero-order valence-electron chi connectivity index (χ0n) is 12.7. The van der Waals surface area contributed by atoms with Crippen molar-refractivity contribution in [3.63, 3.8) is 0 Å². The summed E-state index contributed by atoms with van der Waals surface area (Å²) in [6.45, 7) is 6.91. The summed E-state index contributed by atoms with van der Waals surface area (Å²) in [6, 6.07) is 3.55. The second kappa shape index (κ2) is 6.56. The van der Waals surface area contributed by atoms with E-state index in [4.69, 9.17) is 5.84 Å². The van der Waals surface area contributed by atoms with Crippen LogP contribution >= 0.6 is 11.8 Å². The molecule has 1 atom stereocenters. The van der Waals surface area contributed by atoms with Crippen LogP contribution in [0.25, 0.3) is 0 Å². The van der Waals surface area contributed by atoms with E-state index in [0.717, 1.165) is 29.0 Å². The summed E-state index contributed by atoms with van der Waals surface area (Å²) in [5.41, 5.74) is 4.76. The zero-order chi connectivity index (χ0) is 15.6. The highest BCUT2D eigenvalue weighted by atomic mass is 32.2. The van der Waals surface area contributed by atoms with Crippen molar-refractivity contribution in [1.82, 2.24) is 4.31 Å². The number of anilines is 1. The summed E-state index contributed by atoms with van der Waals surface area (Å²) in [7, 11) is -3.44. The van der Waals surface area contributed by atoms with Gasteiger partial charge in [-0.05, 0) is 43.5 Å². The molecule has 1 aromatic rings. The van der Waals surface area contributed by atoms with Crippen molar-refractivity contribution in [2.75, 3.05) is 24.3 Å². The average Bonchev–Trinajstić information content (AvgIpc) is 2.46. The molecule has 118 valence electrons. The van der Waals surface area contributed by atoms with Gasteiger partial charge in [0.15, 0.2) is 0 Å². The first kappa shape index (κ1) is 16.6. The zero-order valence-corrected chi connectivity index (χ0v) is 14.4. The monoisotopic (exact) mass is 329 g/mol. The van der Waals surface area contributed by atoms with Crippen LogP contribution in [0.4, 0.5) is 5.69 Å². The lowest BCUT2D eigenvalue weighted by molar-refractivity contribution is 0.415. The molecule has 1 aliphatic rings. The van der Waals surface area contributed by atoms with Crippen molar-refractivity contribution in [3.05, 3.63) is 23.3 Å². The quantitative estimate of drug-likeness (QED) is 0.653. The minimum absolute atomic E-state index is 0.388. The lowest BCUT2D eigenvalue weighted by atomic mass is 10.1. The molecule has 0 spiro atoms. The van der Waals surface area contributed by atoms with Gasteiger partial charge in [-0.2, -0.15) is 16.1 Å². The van der Waals surface area contributed by atoms with Crippen molar-refractivity contribution in [2.24, 2.45) is 5.84 Å². The number of rotatable bonds is 4. The van der Waals surface area contributed by atoms with Crippen LogP contribution in [-0.2, 0) is 10.0 Å². The van der Waals surface area contributed by atoms with Crippen LogP contribution in [0.5, 0.6) is 0 Å². The van der Waals surface area contributed by atoms with E-state index >= 15 is 0 Å². The van der Waals surface area contributed by atoms with Crippen LogP contribution in [0.1, 0.15) is 24.5 Å². The number of nitrogen functional groups attached to an aromatic ring is 1. The van der Waals surface area contributed by atoms with Crippen LogP contribution in [0.3, 0.4) is 0 Å². The second-order valence-electron chi connectivity index (χ2n) is 5.35. The van der Waals surface area contributed by atoms with Crippen LogP contribution in [0, 0.1) is 13.8 Å². The molecule has 0 bridgehead atoms. The third-order valence-corrected chi connectivity index (χ3v) is 7.33. The standard InChI is InChI=1S/C14H23N3O2S2/c1-4-13-9-17(5-6-20-13)21(18,19)14-10(2)7-12(16-15)8-11(14)3/h7-8,13,16H,4-6,9,15H2,1-3H3. The third-order valence-electron chi connectivity index (χ3n) is 3.78. The molecular formula is C14H23N3O2S2. The molecule has 5 nitrogen and oxygen atoms in total. The Morgan fingerprint density at radius 3 is 2.52 bits per heavy atom. The first-order valence-electron chi connectivity index (χ1n) is 7.09. The molecular weight excluding hydrogens is 306 g/mol. The highest BCUT2D eigenvalue weighted by Crippen LogP contribution is 2.30. The van der Waals surface area contributed by atoms with Crippen molar-refractivity contribution in [1.29, 1.82) is 0 Å². The van der Waals surface area contributed by atoms with Crippen molar-refractivity contribution >= 4 is 27.5 Å². The molecule has 1 fully saturated rings. The van der Waals surface area contributed by atoms with Gasteiger partial charge in [0, 0.05) is 29.8 Å². The Bertz CT molecular complexity index is 594. The highest BCUT2D eigenvalue weighted by molar-refractivity contribution is 8.00. The van der Waals surface area contributed by atoms with E-state index in [0.29, 0.717) is 23.2 Å². The summed E-state index contributed by atoms with van der Waals surface area (Å²) in [4.78, 5) is 0.420. The summed E-state index contributed by atoms with van der Waals surface area (Å²) in [6.07, 6.45) is 0.991. The molecule has 21 heavy (non-hydrogen) atoms. The van der Waals surface area contributed by atoms with Gasteiger partial charge < -0.3 is 5.43 Å². The smallest absolute Gasteiger partial charge is 0.243 e. The third kappa shape index (κ3) is 3.36. The van der Waals surface area contributed by atoms with Gasteiger partial charge in [0.2, 0.25) is 10.0 Å². The largest absolute Gasteiger partial charge is 0.324 e. The number of aryl methyl sites for hydroxylation is 2. The van der Waals surface area contributed by atoms with Crippen molar-refractivity contribution < 1.29 is 8.42 Å². The first-order chi connectivity index (χ1) is 9.90. The summed E-state index contributed by atoms with van der Waals surface area (Å²) >= 11 is 1.86. The van der Waals surface area contributed by atoms with Gasteiger partial charge >= 0.3 is 0 Å². The summed E-state index contributed by atoms with van der Waals surface area (Å²) in [5, 5.41) is 0.388. The Morgan fingerprint density at radius 1 is 1.38 bits per heavy atom. The van der Waals surface area contributed by atoms with Crippen LogP contribution in [-0.4, -0.2) is 36.8 Å². The molecule has 0 aromatic heterocycles. The molecule has 0 saturated carbocycles. The van der Waals surface area contributed by atoms with Crippen molar-refractivity contribution in [3.8, 4) is 0 Å². The van der Waals surface area contributed by atoms with Crippen LogP contribution in [0.2, 0.25) is 0 Å². The number of nitrogens with two attached hydrogens (primary N) is 1. The maximum atomic E-state index is 13.0. The number of benzene rings is 1. The molecule has 1 saturated heterocycles. The normalized spacial score (nSPS) is 20.5. The van der Waals surface area contributed by atoms with Crippen LogP contribution in [0.15, 0.2) is 17.0 Å². The Morgan fingerprint density at radius 2 is 2.00 bits per heavy atom. The van der Waals surface area contributed by atoms with Gasteiger partial charge in [-0.15, -0.1) is 0 Å². The Kier molecular flexibility index (Phi) is 5.19. The van der Waals surface area contributed by atoms with Crippen LogP contribution < -0.4 is 11.3 Å². The molecule has 0 radical (unpaired) electrons. The predicted molar refractivity (Wildman–Crippen MR) is 89.0 cm³/mol. The van der Waals surface area contributed by atoms with E-state index in [-0.39, 0.29) is 0 Å². The Balaban J connectivity index is 2.40. The maximum Gasteiger partial charge on any atom is 0.243 e. The van der Waals surface area contributed by atoms with Gasteiger partial charge in [-0.1, -0.05) is 6.92 Å². The van der Waals surface area contributed by atoms with Gasteiger partial charge in [-0.3, -0.25) is 5.84 Å². The molecule has 0 aliphatic carbocycles. The lowest BCUT2D eigenvalue weighted by Crippen LogP contribution is -2.42. The second-order valence-corrected chi connectivity index (χ2v) is 8.63. The number of nitrogens with one attached hydrogen (secondary N) is 1. The van der Waals surface area contributed by atoms with E-state index in [1.807, 2.05) is 25.6 Å². The molecule has 1 unspecified atom stereocenters. The molecule has 0 amide bonds. The Labute approximate surface area is 131 Å². The minimum Gasteiger partial charge on any atom is -0.324 e. The van der Waals surface area contributed by atoms with Gasteiger partial charge in [0.25, 0.3) is 0 Å². The molecule has 1 aliphatic heterocycles. The number of hydrogen-bond donors (Lipinski definition) is 2. The number of sulfonamides is 1. The lowest BCUT2D eigenvalue weighted by Gasteiger charge is -2.32. The van der Waals surface area contributed by atoms with E-state index in [9.17, 15) is 8.42 Å². The van der Waals surface area contributed by atoms with Gasteiger partial charge in [-0.25, -0.2) is 8.42 Å². The van der Waals surface area contributed by atoms with E-state index < -0.39 is 10.0 Å². The molecule has 7 heteroatoms. The van der Waals surface area contributed by atoms with E-state index in [2.05, 4.69) is 12.3 Å². The van der Waals surface area contributed by atoms with E-state index in [1.165, 1.54) is 0 Å². The number of thioether (sulfide) groups is 1. The summed E-state index contributed by atoms with van der Waals surface area (Å²) < 4.78 is 27.5. The van der Waals surface area contributed by atoms with E-state index in [1.54, 1.807) is 16.4 Å². The first-order valence-corrected chi connectivity index (χ1v) is 9.58. The van der Waals surface area contributed by atoms with Crippen molar-refractivity contribution in [2.45, 2.75) is 37.3 Å². The maximum absolute atomic E-state index is 13.0. The Hall–Kier alpha value is -0.760. The predicted octanol–water partition coefficient (Wildman–Crippen LogP) is 2.11. The van der Waals surface area contributed by atoms with Gasteiger partial charge in [0.1, 0.15) is 0 Å². The molecule has 3 N–H and O–H groups in total. The molecule has 1 aromatic carbocycles. The number of hydrazine groups is 1. The molecule has 2 rings (SSSR count). The average molecular weight is 329 g/mol. The fraction of sp³-hybridized carbons (Fsp3) is 0.571. The minimum atomic E-state index is -3.44. The number of hydrogen-bond acceptors (Lipinski definition) is 5. The van der Waals surface area contributed by atoms with Gasteiger partial charge in [0.05, 0.1) is 4.90 Å². The summed E-state index contributed by atoms with van der Waals surface area (Å²) in [5.74, 6) is 6.27. The molecule has 1 heterocycles.